The van der Waals surface area contributed by atoms with E-state index in [1.54, 1.807) is 0 Å². The van der Waals surface area contributed by atoms with Crippen LogP contribution < -0.4 is 0 Å². The predicted octanol–water partition coefficient (Wildman–Crippen LogP) is 3.46. The van der Waals surface area contributed by atoms with Crippen molar-refractivity contribution >= 4 is 5.97 Å². The Morgan fingerprint density at radius 1 is 1.09 bits per heavy atom. The Morgan fingerprint density at radius 3 is 2.13 bits per heavy atom. The van der Waals surface area contributed by atoms with Crippen LogP contribution in [0.3, 0.4) is 0 Å². The van der Waals surface area contributed by atoms with Gasteiger partial charge in [-0.25, -0.2) is 0 Å². The summed E-state index contributed by atoms with van der Waals surface area (Å²) < 4.78 is 5.83. The second kappa shape index (κ2) is 7.42. The molecule has 0 spiro atoms. The van der Waals surface area contributed by atoms with Crippen LogP contribution in [0.4, 0.5) is 0 Å². The molecule has 2 aromatic rings. The van der Waals surface area contributed by atoms with Crippen LogP contribution >= 0.6 is 0 Å². The van der Waals surface area contributed by atoms with Gasteiger partial charge in [0.2, 0.25) is 0 Å². The minimum absolute atomic E-state index is 0.0115. The number of carbonyl (C=O) groups is 1. The van der Waals surface area contributed by atoms with Crippen molar-refractivity contribution in [2.24, 2.45) is 0 Å². The molecule has 0 amide bonds. The van der Waals surface area contributed by atoms with E-state index >= 15 is 0 Å². The van der Waals surface area contributed by atoms with Crippen LogP contribution in [0, 0.1) is 0 Å². The zero-order valence-corrected chi connectivity index (χ0v) is 13.5. The molecule has 1 saturated heterocycles. The van der Waals surface area contributed by atoms with Gasteiger partial charge < -0.3 is 4.74 Å². The second-order valence-corrected chi connectivity index (χ2v) is 6.00. The van der Waals surface area contributed by atoms with Crippen molar-refractivity contribution < 1.29 is 9.53 Å². The number of likely N-dealkylation sites (tertiary alicyclic amines) is 1. The molecule has 0 aliphatic carbocycles. The first kappa shape index (κ1) is 15.8. The van der Waals surface area contributed by atoms with Crippen molar-refractivity contribution in [2.75, 3.05) is 19.6 Å². The van der Waals surface area contributed by atoms with Crippen LogP contribution in [0.5, 0.6) is 0 Å². The Hall–Kier alpha value is -2.13. The van der Waals surface area contributed by atoms with Gasteiger partial charge in [0.25, 0.3) is 0 Å². The van der Waals surface area contributed by atoms with Gasteiger partial charge in [0.05, 0.1) is 0 Å². The summed E-state index contributed by atoms with van der Waals surface area (Å²) in [7, 11) is 0. The van der Waals surface area contributed by atoms with Gasteiger partial charge in [-0.3, -0.25) is 9.69 Å². The fourth-order valence-electron chi connectivity index (χ4n) is 3.17. The molecule has 3 nitrogen and oxygen atoms in total. The first-order valence-corrected chi connectivity index (χ1v) is 8.30. The fourth-order valence-corrected chi connectivity index (χ4v) is 3.17. The molecule has 0 N–H and O–H groups in total. The molecular formula is C20H23NO2. The van der Waals surface area contributed by atoms with Gasteiger partial charge >= 0.3 is 5.97 Å². The molecule has 3 heteroatoms. The molecule has 23 heavy (non-hydrogen) atoms. The number of likely N-dealkylation sites (N-methyl/N-ethyl adjacent to an activating group) is 1. The molecule has 0 radical (unpaired) electrons. The van der Waals surface area contributed by atoms with Gasteiger partial charge in [-0.2, -0.15) is 0 Å². The fraction of sp³-hybridized carbons (Fsp3) is 0.350. The first-order chi connectivity index (χ1) is 11.3. The summed E-state index contributed by atoms with van der Waals surface area (Å²) in [5.41, 5.74) is 1.96. The lowest BCUT2D eigenvalue weighted by molar-refractivity contribution is -0.149. The summed E-state index contributed by atoms with van der Waals surface area (Å²) in [4.78, 5) is 15.2. The smallest absolute Gasteiger partial charge is 0.318 e. The standard InChI is InChI=1S/C20H23NO2/c1-2-21-14-13-18(15-21)23-20(22)19(16-9-5-3-6-10-16)17-11-7-4-8-12-17/h3-12,18-19H,2,13-15H2,1H3. The predicted molar refractivity (Wildman–Crippen MR) is 91.3 cm³/mol. The second-order valence-electron chi connectivity index (χ2n) is 6.00. The van der Waals surface area contributed by atoms with Gasteiger partial charge in [-0.15, -0.1) is 0 Å². The molecule has 3 rings (SSSR count). The number of rotatable bonds is 5. The lowest BCUT2D eigenvalue weighted by atomic mass is 9.91. The molecule has 0 bridgehead atoms. The highest BCUT2D eigenvalue weighted by atomic mass is 16.5. The molecule has 1 heterocycles. The van der Waals surface area contributed by atoms with Crippen LogP contribution in [0.15, 0.2) is 60.7 Å². The Balaban J connectivity index is 1.80. The van der Waals surface area contributed by atoms with E-state index in [-0.39, 0.29) is 18.0 Å². The lowest BCUT2D eigenvalue weighted by Crippen LogP contribution is -2.27. The summed E-state index contributed by atoms with van der Waals surface area (Å²) in [5, 5.41) is 0. The van der Waals surface area contributed by atoms with Crippen molar-refractivity contribution in [3.63, 3.8) is 0 Å². The monoisotopic (exact) mass is 309 g/mol. The van der Waals surface area contributed by atoms with E-state index < -0.39 is 0 Å². The zero-order chi connectivity index (χ0) is 16.1. The minimum atomic E-state index is -0.354. The van der Waals surface area contributed by atoms with Crippen LogP contribution in [0.25, 0.3) is 0 Å². The highest BCUT2D eigenvalue weighted by molar-refractivity contribution is 5.82. The third kappa shape index (κ3) is 3.80. The number of nitrogens with zero attached hydrogens (tertiary/aromatic N) is 1. The largest absolute Gasteiger partial charge is 0.460 e. The van der Waals surface area contributed by atoms with Gasteiger partial charge in [0.15, 0.2) is 0 Å². The maximum absolute atomic E-state index is 12.9. The van der Waals surface area contributed by atoms with Crippen molar-refractivity contribution in [1.29, 1.82) is 0 Å². The summed E-state index contributed by atoms with van der Waals surface area (Å²) in [6, 6.07) is 19.8. The molecule has 1 aliphatic heterocycles. The third-order valence-electron chi connectivity index (χ3n) is 4.46. The third-order valence-corrected chi connectivity index (χ3v) is 4.46. The SMILES string of the molecule is CCN1CCC(OC(=O)C(c2ccccc2)c2ccccc2)C1. The van der Waals surface area contributed by atoms with E-state index in [1.165, 1.54) is 0 Å². The van der Waals surface area contributed by atoms with Crippen LogP contribution in [-0.4, -0.2) is 36.6 Å². The zero-order valence-electron chi connectivity index (χ0n) is 13.5. The van der Waals surface area contributed by atoms with Crippen molar-refractivity contribution in [2.45, 2.75) is 25.4 Å². The molecule has 1 aliphatic rings. The van der Waals surface area contributed by atoms with Gasteiger partial charge in [-0.1, -0.05) is 67.6 Å². The molecule has 1 atom stereocenters. The van der Waals surface area contributed by atoms with Gasteiger partial charge in [0.1, 0.15) is 12.0 Å². The Bertz CT molecular complexity index is 587. The number of benzene rings is 2. The number of hydrogen-bond acceptors (Lipinski definition) is 3. The van der Waals surface area contributed by atoms with E-state index in [4.69, 9.17) is 4.74 Å². The van der Waals surface area contributed by atoms with E-state index in [1.807, 2.05) is 60.7 Å². The molecule has 120 valence electrons. The average molecular weight is 309 g/mol. The lowest BCUT2D eigenvalue weighted by Gasteiger charge is -2.20. The maximum Gasteiger partial charge on any atom is 0.318 e. The van der Waals surface area contributed by atoms with E-state index in [0.29, 0.717) is 0 Å². The van der Waals surface area contributed by atoms with Crippen molar-refractivity contribution in [1.82, 2.24) is 4.90 Å². The maximum atomic E-state index is 12.9. The van der Waals surface area contributed by atoms with Crippen LogP contribution in [0.1, 0.15) is 30.4 Å². The van der Waals surface area contributed by atoms with E-state index in [0.717, 1.165) is 37.2 Å². The average Bonchev–Trinajstić information content (AvgIpc) is 3.04. The molecule has 0 saturated carbocycles. The minimum Gasteiger partial charge on any atom is -0.460 e. The Kier molecular flexibility index (Phi) is 5.09. The normalized spacial score (nSPS) is 18.3. The Morgan fingerprint density at radius 2 is 1.65 bits per heavy atom. The van der Waals surface area contributed by atoms with Crippen LogP contribution in [-0.2, 0) is 9.53 Å². The number of carbonyl (C=O) groups excluding carboxylic acids is 1. The van der Waals surface area contributed by atoms with Crippen molar-refractivity contribution in [3.05, 3.63) is 71.8 Å². The van der Waals surface area contributed by atoms with E-state index in [2.05, 4.69) is 11.8 Å². The first-order valence-electron chi connectivity index (χ1n) is 8.30. The summed E-state index contributed by atoms with van der Waals surface area (Å²) >= 11 is 0. The number of esters is 1. The molecule has 1 fully saturated rings. The summed E-state index contributed by atoms with van der Waals surface area (Å²) in [5.74, 6) is -0.501. The molecule has 2 aromatic carbocycles. The van der Waals surface area contributed by atoms with Gasteiger partial charge in [0, 0.05) is 13.1 Å². The number of hydrogen-bond donors (Lipinski definition) is 0. The highest BCUT2D eigenvalue weighted by Gasteiger charge is 2.30. The Labute approximate surface area is 137 Å². The molecular weight excluding hydrogens is 286 g/mol. The molecule has 0 aromatic heterocycles. The van der Waals surface area contributed by atoms with Gasteiger partial charge in [-0.05, 0) is 24.1 Å². The highest BCUT2D eigenvalue weighted by Crippen LogP contribution is 2.27. The van der Waals surface area contributed by atoms with Crippen LogP contribution in [0.2, 0.25) is 0 Å². The quantitative estimate of drug-likeness (QED) is 0.792. The van der Waals surface area contributed by atoms with Crippen molar-refractivity contribution in [3.8, 4) is 0 Å². The summed E-state index contributed by atoms with van der Waals surface area (Å²) in [6.07, 6.45) is 0.938. The molecule has 1 unspecified atom stereocenters. The van der Waals surface area contributed by atoms with E-state index in [9.17, 15) is 4.79 Å². The number of ether oxygens (including phenoxy) is 1. The topological polar surface area (TPSA) is 29.5 Å². The summed E-state index contributed by atoms with van der Waals surface area (Å²) in [6.45, 7) is 5.00.